The number of anilines is 1. The third kappa shape index (κ3) is 3.57. The van der Waals surface area contributed by atoms with Gasteiger partial charge in [-0.2, -0.15) is 0 Å². The third-order valence-corrected chi connectivity index (χ3v) is 8.28. The predicted molar refractivity (Wildman–Crippen MR) is 137 cm³/mol. The summed E-state index contributed by atoms with van der Waals surface area (Å²) < 4.78 is 0. The van der Waals surface area contributed by atoms with Crippen molar-refractivity contribution < 1.29 is 14.7 Å². The van der Waals surface area contributed by atoms with E-state index in [1.54, 1.807) is 11.8 Å². The first-order chi connectivity index (χ1) is 16.4. The van der Waals surface area contributed by atoms with E-state index in [0.29, 0.717) is 16.3 Å². The number of aryl methyl sites for hydroxylation is 3. The van der Waals surface area contributed by atoms with E-state index in [0.717, 1.165) is 26.6 Å². The minimum atomic E-state index is -0.706. The molecule has 0 bridgehead atoms. The average molecular weight is 487 g/mol. The molecule has 1 unspecified atom stereocenters. The lowest BCUT2D eigenvalue weighted by atomic mass is 9.98. The zero-order chi connectivity index (χ0) is 24.0. The maximum Gasteiger partial charge on any atom is 0.294 e. The molecule has 5 rings (SSSR count). The first-order valence-corrected chi connectivity index (χ1v) is 12.5. The van der Waals surface area contributed by atoms with Gasteiger partial charge in [0.15, 0.2) is 5.76 Å². The lowest BCUT2D eigenvalue weighted by Gasteiger charge is -2.27. The normalized spacial score (nSPS) is 15.9. The van der Waals surface area contributed by atoms with Crippen molar-refractivity contribution in [3.05, 3.63) is 104 Å². The van der Waals surface area contributed by atoms with Gasteiger partial charge in [0.1, 0.15) is 11.0 Å². The highest BCUT2D eigenvalue weighted by atomic mass is 32.1. The van der Waals surface area contributed by atoms with E-state index in [-0.39, 0.29) is 11.4 Å². The van der Waals surface area contributed by atoms with Crippen LogP contribution in [0.2, 0.25) is 0 Å². The summed E-state index contributed by atoms with van der Waals surface area (Å²) in [6.07, 6.45) is 0. The van der Waals surface area contributed by atoms with E-state index in [9.17, 15) is 14.7 Å². The number of thiazole rings is 1. The highest BCUT2D eigenvalue weighted by molar-refractivity contribution is 7.17. The summed E-state index contributed by atoms with van der Waals surface area (Å²) in [5.41, 5.74) is 4.13. The summed E-state index contributed by atoms with van der Waals surface area (Å²) >= 11 is 2.76. The number of carbonyl (C=O) groups excluding carboxylic acids is 2. The van der Waals surface area contributed by atoms with Gasteiger partial charge in [0.05, 0.1) is 16.1 Å². The van der Waals surface area contributed by atoms with Crippen LogP contribution >= 0.6 is 22.7 Å². The summed E-state index contributed by atoms with van der Waals surface area (Å²) in [6.45, 7) is 5.65. The first kappa shape index (κ1) is 22.3. The third-order valence-electron chi connectivity index (χ3n) is 6.00. The number of Topliss-reactive ketones (excluding diaryl/α,β-unsaturated/α-hetero) is 1. The van der Waals surface area contributed by atoms with E-state index in [1.165, 1.54) is 22.7 Å². The molecule has 34 heavy (non-hydrogen) atoms. The fourth-order valence-electron chi connectivity index (χ4n) is 4.27. The van der Waals surface area contributed by atoms with Crippen LogP contribution in [0.1, 0.15) is 37.4 Å². The number of hydrogen-bond acceptors (Lipinski definition) is 6. The number of ketones is 1. The van der Waals surface area contributed by atoms with Gasteiger partial charge < -0.3 is 5.11 Å². The fraction of sp³-hybridized carbons (Fsp3) is 0.148. The van der Waals surface area contributed by atoms with Crippen LogP contribution in [-0.4, -0.2) is 21.8 Å². The molecule has 1 amide bonds. The van der Waals surface area contributed by atoms with E-state index in [2.05, 4.69) is 4.98 Å². The maximum absolute atomic E-state index is 13.9. The summed E-state index contributed by atoms with van der Waals surface area (Å²) in [6, 6.07) is 18.4. The van der Waals surface area contributed by atoms with Crippen LogP contribution in [0.4, 0.5) is 5.69 Å². The van der Waals surface area contributed by atoms with Crippen LogP contribution in [-0.2, 0) is 4.79 Å². The van der Waals surface area contributed by atoms with Gasteiger partial charge >= 0.3 is 0 Å². The quantitative estimate of drug-likeness (QED) is 0.324. The number of rotatable bonds is 5. The van der Waals surface area contributed by atoms with Crippen molar-refractivity contribution >= 4 is 40.1 Å². The highest BCUT2D eigenvalue weighted by Crippen LogP contribution is 2.46. The van der Waals surface area contributed by atoms with Crippen LogP contribution in [0.5, 0.6) is 0 Å². The molecular formula is C27H22N2O3S2. The summed E-state index contributed by atoms with van der Waals surface area (Å²) in [5.74, 6) is -1.43. The minimum absolute atomic E-state index is 0.102. The zero-order valence-electron chi connectivity index (χ0n) is 18.9. The topological polar surface area (TPSA) is 70.5 Å². The van der Waals surface area contributed by atoms with Crippen LogP contribution in [0.3, 0.4) is 0 Å². The molecule has 5 nitrogen and oxygen atoms in total. The number of carbonyl (C=O) groups is 2. The number of aliphatic hydroxyl groups is 1. The van der Waals surface area contributed by atoms with E-state index < -0.39 is 17.7 Å². The number of hydrogen-bond donors (Lipinski definition) is 1. The number of aromatic nitrogens is 1. The summed E-state index contributed by atoms with van der Waals surface area (Å²) in [7, 11) is 0. The Kier molecular flexibility index (Phi) is 5.67. The Labute approximate surface area is 205 Å². The molecule has 7 heteroatoms. The van der Waals surface area contributed by atoms with E-state index >= 15 is 0 Å². The standard InChI is InChI=1S/C27H22N2O3S2/c1-15-9-7-8-12-19(15)29-21(24-16(2)13-14-33-24)20(23(31)27(29)32)22(30)25-17(3)28-26(34-25)18-10-5-4-6-11-18/h4-14,21,31H,1-3H3. The van der Waals surface area contributed by atoms with Crippen LogP contribution in [0.25, 0.3) is 10.6 Å². The SMILES string of the molecule is Cc1ccccc1N1C(=O)C(O)=C(C(=O)c2sc(-c3ccccc3)nc2C)C1c1sccc1C. The Morgan fingerprint density at radius 1 is 0.971 bits per heavy atom. The Bertz CT molecular complexity index is 1450. The smallest absolute Gasteiger partial charge is 0.294 e. The van der Waals surface area contributed by atoms with Crippen LogP contribution in [0.15, 0.2) is 77.4 Å². The van der Waals surface area contributed by atoms with E-state index in [4.69, 9.17) is 0 Å². The monoisotopic (exact) mass is 486 g/mol. The van der Waals surface area contributed by atoms with Gasteiger partial charge in [-0.05, 0) is 49.4 Å². The Morgan fingerprint density at radius 2 is 1.68 bits per heavy atom. The molecule has 0 radical (unpaired) electrons. The van der Waals surface area contributed by atoms with Gasteiger partial charge in [-0.1, -0.05) is 48.5 Å². The molecule has 0 fully saturated rings. The van der Waals surface area contributed by atoms with Crippen molar-refractivity contribution in [2.24, 2.45) is 0 Å². The van der Waals surface area contributed by atoms with Gasteiger partial charge in [-0.3, -0.25) is 14.5 Å². The Hall–Kier alpha value is -3.55. The lowest BCUT2D eigenvalue weighted by molar-refractivity contribution is -0.117. The average Bonchev–Trinajstić information content (AvgIpc) is 3.51. The largest absolute Gasteiger partial charge is 0.503 e. The molecule has 170 valence electrons. The van der Waals surface area contributed by atoms with Gasteiger partial charge in [-0.15, -0.1) is 22.7 Å². The highest BCUT2D eigenvalue weighted by Gasteiger charge is 2.46. The lowest BCUT2D eigenvalue weighted by Crippen LogP contribution is -2.31. The molecule has 0 spiro atoms. The molecule has 4 aromatic rings. The summed E-state index contributed by atoms with van der Waals surface area (Å²) in [5, 5.41) is 13.7. The Morgan fingerprint density at radius 3 is 2.35 bits per heavy atom. The first-order valence-electron chi connectivity index (χ1n) is 10.8. The van der Waals surface area contributed by atoms with Crippen LogP contribution < -0.4 is 4.90 Å². The van der Waals surface area contributed by atoms with Crippen molar-refractivity contribution in [3.8, 4) is 10.6 Å². The van der Waals surface area contributed by atoms with Crippen molar-refractivity contribution in [1.29, 1.82) is 0 Å². The van der Waals surface area contributed by atoms with Crippen LogP contribution in [0, 0.1) is 20.8 Å². The molecule has 2 aromatic heterocycles. The summed E-state index contributed by atoms with van der Waals surface area (Å²) in [4.78, 5) is 34.8. The second-order valence-corrected chi connectivity index (χ2v) is 10.2. The predicted octanol–water partition coefficient (Wildman–Crippen LogP) is 6.58. The second kappa shape index (κ2) is 8.66. The molecule has 0 aliphatic carbocycles. The van der Waals surface area contributed by atoms with Crippen molar-refractivity contribution in [1.82, 2.24) is 4.98 Å². The van der Waals surface area contributed by atoms with Crippen molar-refractivity contribution in [2.45, 2.75) is 26.8 Å². The Balaban J connectivity index is 1.65. The molecule has 1 atom stereocenters. The molecule has 1 aliphatic heterocycles. The van der Waals surface area contributed by atoms with Gasteiger partial charge in [-0.25, -0.2) is 4.98 Å². The number of nitrogens with zero attached hydrogens (tertiary/aromatic N) is 2. The number of amides is 1. The molecule has 0 saturated carbocycles. The molecule has 1 aliphatic rings. The zero-order valence-corrected chi connectivity index (χ0v) is 20.5. The van der Waals surface area contributed by atoms with Crippen molar-refractivity contribution in [3.63, 3.8) is 0 Å². The van der Waals surface area contributed by atoms with E-state index in [1.807, 2.05) is 79.9 Å². The molecular weight excluding hydrogens is 464 g/mol. The molecule has 0 saturated heterocycles. The second-order valence-electron chi connectivity index (χ2n) is 8.22. The maximum atomic E-state index is 13.9. The minimum Gasteiger partial charge on any atom is -0.503 e. The number of thiophene rings is 1. The number of aliphatic hydroxyl groups excluding tert-OH is 1. The van der Waals surface area contributed by atoms with Gasteiger partial charge in [0.2, 0.25) is 5.78 Å². The fourth-order valence-corrected chi connectivity index (χ4v) is 6.32. The molecule has 3 heterocycles. The number of benzene rings is 2. The van der Waals surface area contributed by atoms with Crippen molar-refractivity contribution in [2.75, 3.05) is 4.90 Å². The molecule has 2 aromatic carbocycles. The molecule has 1 N–H and O–H groups in total. The van der Waals surface area contributed by atoms with Gasteiger partial charge in [0.25, 0.3) is 5.91 Å². The van der Waals surface area contributed by atoms with Gasteiger partial charge in [0, 0.05) is 16.1 Å². The number of para-hydroxylation sites is 1.